The summed E-state index contributed by atoms with van der Waals surface area (Å²) in [6, 6.07) is 0.611. The summed E-state index contributed by atoms with van der Waals surface area (Å²) in [7, 11) is -2.36. The van der Waals surface area contributed by atoms with Gasteiger partial charge in [-0.05, 0) is 11.4 Å². The van der Waals surface area contributed by atoms with Crippen LogP contribution < -0.4 is 9.46 Å². The highest BCUT2D eigenvalue weighted by atomic mass is 32.2. The van der Waals surface area contributed by atoms with Crippen LogP contribution >= 0.6 is 11.3 Å². The lowest BCUT2D eigenvalue weighted by atomic mass is 10.4. The number of terminal acetylenes is 1. The number of hydrogen-bond donors (Lipinski definition) is 2. The molecule has 16 heavy (non-hydrogen) atoms. The Morgan fingerprint density at radius 2 is 2.44 bits per heavy atom. The van der Waals surface area contributed by atoms with E-state index >= 15 is 0 Å². The van der Waals surface area contributed by atoms with Gasteiger partial charge in [0.1, 0.15) is 11.8 Å². The van der Waals surface area contributed by atoms with Crippen molar-refractivity contribution in [2.24, 2.45) is 0 Å². The van der Waals surface area contributed by atoms with Crippen molar-refractivity contribution in [3.63, 3.8) is 0 Å². The van der Waals surface area contributed by atoms with E-state index in [0.717, 1.165) is 11.3 Å². The number of ether oxygens (including phenoxy) is 1. The molecule has 0 spiro atoms. The molecular formula is C9H11NO4S2. The molecular weight excluding hydrogens is 250 g/mol. The molecule has 7 heteroatoms. The highest BCUT2D eigenvalue weighted by Gasteiger charge is 2.23. The van der Waals surface area contributed by atoms with Crippen LogP contribution in [0.2, 0.25) is 0 Å². The summed E-state index contributed by atoms with van der Waals surface area (Å²) in [4.78, 5) is 0. The Bertz CT molecular complexity index is 486. The first-order valence-corrected chi connectivity index (χ1v) is 6.62. The molecule has 0 aromatic carbocycles. The fraction of sp³-hybridized carbons (Fsp3) is 0.333. The molecule has 0 amide bonds. The first-order chi connectivity index (χ1) is 7.55. The van der Waals surface area contributed by atoms with Gasteiger partial charge < -0.3 is 9.84 Å². The molecule has 88 valence electrons. The molecule has 0 aliphatic carbocycles. The van der Waals surface area contributed by atoms with E-state index < -0.39 is 22.7 Å². The van der Waals surface area contributed by atoms with Crippen molar-refractivity contribution in [1.29, 1.82) is 0 Å². The van der Waals surface area contributed by atoms with Crippen LogP contribution in [-0.2, 0) is 10.0 Å². The second kappa shape index (κ2) is 5.32. The molecule has 0 aliphatic rings. The van der Waals surface area contributed by atoms with E-state index in [9.17, 15) is 8.42 Å². The highest BCUT2D eigenvalue weighted by Crippen LogP contribution is 2.29. The number of aliphatic hydroxyl groups is 1. The van der Waals surface area contributed by atoms with Crippen molar-refractivity contribution < 1.29 is 18.3 Å². The van der Waals surface area contributed by atoms with Crippen LogP contribution in [-0.4, -0.2) is 33.3 Å². The second-order valence-corrected chi connectivity index (χ2v) is 5.62. The summed E-state index contributed by atoms with van der Waals surface area (Å²) >= 11 is 1.02. The molecule has 1 atom stereocenters. The van der Waals surface area contributed by atoms with Gasteiger partial charge in [-0.1, -0.05) is 5.92 Å². The molecule has 1 heterocycles. The maximum atomic E-state index is 11.8. The monoisotopic (exact) mass is 261 g/mol. The topological polar surface area (TPSA) is 75.6 Å². The van der Waals surface area contributed by atoms with Crippen molar-refractivity contribution in [1.82, 2.24) is 4.72 Å². The maximum Gasteiger partial charge on any atom is 0.254 e. The van der Waals surface area contributed by atoms with E-state index in [-0.39, 0.29) is 9.96 Å². The first kappa shape index (κ1) is 13.0. The third kappa shape index (κ3) is 2.74. The van der Waals surface area contributed by atoms with Crippen molar-refractivity contribution in [2.45, 2.75) is 10.3 Å². The Hall–Kier alpha value is -1.07. The molecule has 1 rings (SSSR count). The SMILES string of the molecule is C#CC(CO)NS(=O)(=O)c1sccc1OC. The van der Waals surface area contributed by atoms with Crippen molar-refractivity contribution in [3.05, 3.63) is 11.4 Å². The summed E-state index contributed by atoms with van der Waals surface area (Å²) < 4.78 is 30.8. The molecule has 0 aliphatic heterocycles. The van der Waals surface area contributed by atoms with Gasteiger partial charge in [-0.25, -0.2) is 8.42 Å². The zero-order valence-electron chi connectivity index (χ0n) is 8.50. The minimum absolute atomic E-state index is 0.0451. The van der Waals surface area contributed by atoms with Crippen LogP contribution in [0.15, 0.2) is 15.7 Å². The van der Waals surface area contributed by atoms with Crippen LogP contribution in [0.4, 0.5) is 0 Å². The number of aliphatic hydroxyl groups excluding tert-OH is 1. The Morgan fingerprint density at radius 3 is 2.94 bits per heavy atom. The van der Waals surface area contributed by atoms with Gasteiger partial charge >= 0.3 is 0 Å². The van der Waals surface area contributed by atoms with Gasteiger partial charge in [-0.2, -0.15) is 4.72 Å². The van der Waals surface area contributed by atoms with Crippen LogP contribution in [0.5, 0.6) is 5.75 Å². The molecule has 0 saturated heterocycles. The fourth-order valence-electron chi connectivity index (χ4n) is 0.996. The van der Waals surface area contributed by atoms with Gasteiger partial charge in [-0.15, -0.1) is 17.8 Å². The van der Waals surface area contributed by atoms with Crippen LogP contribution in [0.3, 0.4) is 0 Å². The second-order valence-electron chi connectivity index (χ2n) is 2.80. The van der Waals surface area contributed by atoms with Crippen LogP contribution in [0.1, 0.15) is 0 Å². The molecule has 0 bridgehead atoms. The minimum atomic E-state index is -3.74. The Labute approximate surface area is 98.1 Å². The van der Waals surface area contributed by atoms with Gasteiger partial charge in [-0.3, -0.25) is 0 Å². The minimum Gasteiger partial charge on any atom is -0.494 e. The van der Waals surface area contributed by atoms with E-state index in [0.29, 0.717) is 0 Å². The average molecular weight is 261 g/mol. The molecule has 0 saturated carbocycles. The summed E-state index contributed by atoms with van der Waals surface area (Å²) in [6.07, 6.45) is 5.05. The van der Waals surface area contributed by atoms with E-state index in [1.807, 2.05) is 0 Å². The maximum absolute atomic E-state index is 11.8. The number of sulfonamides is 1. The molecule has 2 N–H and O–H groups in total. The third-order valence-electron chi connectivity index (χ3n) is 1.74. The van der Waals surface area contributed by atoms with Gasteiger partial charge in [0.25, 0.3) is 10.0 Å². The van der Waals surface area contributed by atoms with E-state index in [2.05, 4.69) is 10.6 Å². The molecule has 1 unspecified atom stereocenters. The molecule has 1 aromatic rings. The predicted molar refractivity (Wildman–Crippen MR) is 60.9 cm³/mol. The Morgan fingerprint density at radius 1 is 1.75 bits per heavy atom. The number of methoxy groups -OCH3 is 1. The van der Waals surface area contributed by atoms with Gasteiger partial charge in [0.05, 0.1) is 13.7 Å². The lowest BCUT2D eigenvalue weighted by Crippen LogP contribution is -2.36. The fourth-order valence-corrected chi connectivity index (χ4v) is 3.44. The largest absolute Gasteiger partial charge is 0.494 e. The smallest absolute Gasteiger partial charge is 0.254 e. The number of rotatable bonds is 5. The molecule has 0 radical (unpaired) electrons. The quantitative estimate of drug-likeness (QED) is 0.733. The molecule has 5 nitrogen and oxygen atoms in total. The van der Waals surface area contributed by atoms with E-state index in [4.69, 9.17) is 16.3 Å². The lowest BCUT2D eigenvalue weighted by Gasteiger charge is -2.10. The number of hydrogen-bond acceptors (Lipinski definition) is 5. The summed E-state index contributed by atoms with van der Waals surface area (Å²) in [5, 5.41) is 10.4. The number of nitrogens with one attached hydrogen (secondary N) is 1. The summed E-state index contributed by atoms with van der Waals surface area (Å²) in [5.74, 6) is 2.39. The van der Waals surface area contributed by atoms with Gasteiger partial charge in [0.2, 0.25) is 0 Å². The normalized spacial score (nSPS) is 13.1. The third-order valence-corrected chi connectivity index (χ3v) is 4.66. The van der Waals surface area contributed by atoms with Crippen LogP contribution in [0.25, 0.3) is 0 Å². The van der Waals surface area contributed by atoms with Gasteiger partial charge in [0.15, 0.2) is 4.21 Å². The zero-order chi connectivity index (χ0) is 12.2. The highest BCUT2D eigenvalue weighted by molar-refractivity contribution is 7.91. The van der Waals surface area contributed by atoms with Crippen molar-refractivity contribution in [3.8, 4) is 18.1 Å². The molecule has 1 aromatic heterocycles. The zero-order valence-corrected chi connectivity index (χ0v) is 10.1. The van der Waals surface area contributed by atoms with Gasteiger partial charge in [0, 0.05) is 0 Å². The standard InChI is InChI=1S/C9H11NO4S2/c1-3-7(6-11)10-16(12,13)9-8(14-2)4-5-15-9/h1,4-5,7,10-11H,6H2,2H3. The summed E-state index contributed by atoms with van der Waals surface area (Å²) in [6.45, 7) is -0.455. The lowest BCUT2D eigenvalue weighted by molar-refractivity contribution is 0.280. The van der Waals surface area contributed by atoms with Crippen LogP contribution in [0, 0.1) is 12.3 Å². The molecule has 0 fully saturated rings. The predicted octanol–water partition coefficient (Wildman–Crippen LogP) is 0.0291. The average Bonchev–Trinajstić information content (AvgIpc) is 2.74. The Balaban J connectivity index is 2.99. The Kier molecular flexibility index (Phi) is 4.32. The van der Waals surface area contributed by atoms with E-state index in [1.54, 1.807) is 11.4 Å². The van der Waals surface area contributed by atoms with Crippen molar-refractivity contribution in [2.75, 3.05) is 13.7 Å². The van der Waals surface area contributed by atoms with E-state index in [1.165, 1.54) is 7.11 Å². The summed E-state index contributed by atoms with van der Waals surface area (Å²) in [5.41, 5.74) is 0. The number of thiophene rings is 1. The first-order valence-electron chi connectivity index (χ1n) is 4.26. The van der Waals surface area contributed by atoms with Crippen molar-refractivity contribution >= 4 is 21.4 Å².